The van der Waals surface area contributed by atoms with Gasteiger partial charge in [-0.1, -0.05) is 26.0 Å². The summed E-state index contributed by atoms with van der Waals surface area (Å²) in [4.78, 5) is 14.5. The van der Waals surface area contributed by atoms with E-state index in [9.17, 15) is 9.90 Å². The van der Waals surface area contributed by atoms with Crippen molar-refractivity contribution in [1.82, 2.24) is 0 Å². The van der Waals surface area contributed by atoms with Crippen LogP contribution in [0.4, 0.5) is 5.69 Å². The van der Waals surface area contributed by atoms with Gasteiger partial charge in [0.1, 0.15) is 5.25 Å². The largest absolute Gasteiger partial charge is 0.480 e. The molecule has 0 amide bonds. The summed E-state index contributed by atoms with van der Waals surface area (Å²) in [6, 6.07) is 6.17. The molecule has 1 heterocycles. The number of nitrogens with zero attached hydrogens (tertiary/aromatic N) is 1. The fourth-order valence-electron chi connectivity index (χ4n) is 2.38. The molecule has 2 atom stereocenters. The molecule has 0 fully saturated rings. The van der Waals surface area contributed by atoms with E-state index in [4.69, 9.17) is 0 Å². The molecule has 1 aliphatic rings. The first-order valence-corrected chi connectivity index (χ1v) is 7.06. The summed E-state index contributed by atoms with van der Waals surface area (Å²) in [6.07, 6.45) is 0. The van der Waals surface area contributed by atoms with Crippen molar-refractivity contribution in [2.45, 2.75) is 42.9 Å². The van der Waals surface area contributed by atoms with Crippen molar-refractivity contribution in [3.05, 3.63) is 23.8 Å². The lowest BCUT2D eigenvalue weighted by Crippen LogP contribution is -2.44. The van der Waals surface area contributed by atoms with Crippen LogP contribution in [0.1, 0.15) is 32.3 Å². The molecule has 0 radical (unpaired) electrons. The second kappa shape index (κ2) is 4.84. The van der Waals surface area contributed by atoms with Gasteiger partial charge in [-0.2, -0.15) is 0 Å². The standard InChI is InChI=1S/C14H19NO2S/c1-8(2)10-6-5-7-11-12(10)15(4)9(3)13(18-11)14(16)17/h5-9,13H,1-4H3,(H,16,17). The average molecular weight is 265 g/mol. The zero-order chi connectivity index (χ0) is 13.4. The second-order valence-electron chi connectivity index (χ2n) is 5.08. The van der Waals surface area contributed by atoms with Crippen LogP contribution in [0.3, 0.4) is 0 Å². The van der Waals surface area contributed by atoms with Gasteiger partial charge in [0.2, 0.25) is 0 Å². The molecule has 0 saturated heterocycles. The normalized spacial score (nSPS) is 23.1. The highest BCUT2D eigenvalue weighted by Gasteiger charge is 2.36. The molecule has 4 heteroatoms. The van der Waals surface area contributed by atoms with Crippen molar-refractivity contribution < 1.29 is 9.90 Å². The van der Waals surface area contributed by atoms with E-state index in [1.165, 1.54) is 23.0 Å². The Hall–Kier alpha value is -1.16. The van der Waals surface area contributed by atoms with Gasteiger partial charge in [0.25, 0.3) is 0 Å². The molecule has 0 bridgehead atoms. The molecule has 0 aliphatic carbocycles. The third-order valence-electron chi connectivity index (χ3n) is 3.55. The molecule has 0 saturated carbocycles. The number of hydrogen-bond donors (Lipinski definition) is 1. The topological polar surface area (TPSA) is 40.5 Å². The maximum absolute atomic E-state index is 11.3. The van der Waals surface area contributed by atoms with Gasteiger partial charge in [-0.15, -0.1) is 11.8 Å². The number of anilines is 1. The maximum Gasteiger partial charge on any atom is 0.319 e. The predicted octanol–water partition coefficient (Wildman–Crippen LogP) is 3.19. The quantitative estimate of drug-likeness (QED) is 0.891. The lowest BCUT2D eigenvalue weighted by molar-refractivity contribution is -0.136. The van der Waals surface area contributed by atoms with E-state index in [0.717, 1.165) is 4.90 Å². The van der Waals surface area contributed by atoms with E-state index in [0.29, 0.717) is 5.92 Å². The molecular weight excluding hydrogens is 246 g/mol. The van der Waals surface area contributed by atoms with Crippen molar-refractivity contribution in [2.24, 2.45) is 0 Å². The highest BCUT2D eigenvalue weighted by molar-refractivity contribution is 8.01. The Kier molecular flexibility index (Phi) is 3.57. The van der Waals surface area contributed by atoms with Crippen molar-refractivity contribution in [1.29, 1.82) is 0 Å². The molecule has 0 spiro atoms. The first-order valence-electron chi connectivity index (χ1n) is 6.18. The molecule has 98 valence electrons. The van der Waals surface area contributed by atoms with Crippen LogP contribution >= 0.6 is 11.8 Å². The van der Waals surface area contributed by atoms with Crippen molar-refractivity contribution in [2.75, 3.05) is 11.9 Å². The second-order valence-corrected chi connectivity index (χ2v) is 6.26. The number of hydrogen-bond acceptors (Lipinski definition) is 3. The van der Waals surface area contributed by atoms with Crippen LogP contribution in [0.5, 0.6) is 0 Å². The Labute approximate surface area is 112 Å². The Morgan fingerprint density at radius 2 is 2.11 bits per heavy atom. The number of benzene rings is 1. The summed E-state index contributed by atoms with van der Waals surface area (Å²) in [6.45, 7) is 6.32. The van der Waals surface area contributed by atoms with E-state index in [-0.39, 0.29) is 6.04 Å². The van der Waals surface area contributed by atoms with Crippen molar-refractivity contribution in [3.63, 3.8) is 0 Å². The number of fused-ring (bicyclic) bond motifs is 1. The summed E-state index contributed by atoms with van der Waals surface area (Å²) < 4.78 is 0. The highest BCUT2D eigenvalue weighted by Crippen LogP contribution is 2.44. The molecule has 1 aromatic carbocycles. The van der Waals surface area contributed by atoms with Crippen LogP contribution in [0, 0.1) is 0 Å². The minimum atomic E-state index is -0.736. The molecule has 0 aromatic heterocycles. The Balaban J connectivity index is 2.51. The number of carboxylic acids is 1. The van der Waals surface area contributed by atoms with Crippen LogP contribution < -0.4 is 4.90 Å². The summed E-state index contributed by atoms with van der Waals surface area (Å²) in [7, 11) is 1.99. The molecule has 18 heavy (non-hydrogen) atoms. The summed E-state index contributed by atoms with van der Waals surface area (Å²) in [5, 5.41) is 8.88. The van der Waals surface area contributed by atoms with Gasteiger partial charge in [0, 0.05) is 18.0 Å². The van der Waals surface area contributed by atoms with Gasteiger partial charge in [-0.05, 0) is 24.5 Å². The predicted molar refractivity (Wildman–Crippen MR) is 75.7 cm³/mol. The lowest BCUT2D eigenvalue weighted by Gasteiger charge is -2.39. The molecular formula is C14H19NO2S. The van der Waals surface area contributed by atoms with Gasteiger partial charge < -0.3 is 10.0 Å². The number of carboxylic acid groups (broad SMARTS) is 1. The first kappa shape index (κ1) is 13.3. The van der Waals surface area contributed by atoms with Gasteiger partial charge in [-0.25, -0.2) is 0 Å². The third-order valence-corrected chi connectivity index (χ3v) is 4.98. The summed E-state index contributed by atoms with van der Waals surface area (Å²) in [5.74, 6) is -0.295. The zero-order valence-electron chi connectivity index (χ0n) is 11.2. The maximum atomic E-state index is 11.3. The molecule has 2 rings (SSSR count). The van der Waals surface area contributed by atoms with Gasteiger partial charge >= 0.3 is 5.97 Å². The fourth-order valence-corrected chi connectivity index (χ4v) is 3.66. The molecule has 1 aliphatic heterocycles. The number of aliphatic carboxylic acids is 1. The van der Waals surface area contributed by atoms with Gasteiger partial charge in [0.15, 0.2) is 0 Å². The van der Waals surface area contributed by atoms with Crippen LogP contribution in [-0.2, 0) is 4.79 Å². The van der Waals surface area contributed by atoms with Crippen LogP contribution in [0.25, 0.3) is 0 Å². The number of carbonyl (C=O) groups is 1. The fraction of sp³-hybridized carbons (Fsp3) is 0.500. The first-order chi connectivity index (χ1) is 8.43. The lowest BCUT2D eigenvalue weighted by atomic mass is 9.99. The highest BCUT2D eigenvalue weighted by atomic mass is 32.2. The van der Waals surface area contributed by atoms with E-state index in [2.05, 4.69) is 24.8 Å². The molecule has 3 nitrogen and oxygen atoms in total. The average Bonchev–Trinajstić information content (AvgIpc) is 2.32. The Morgan fingerprint density at radius 1 is 1.44 bits per heavy atom. The van der Waals surface area contributed by atoms with E-state index < -0.39 is 11.2 Å². The zero-order valence-corrected chi connectivity index (χ0v) is 12.0. The molecule has 2 unspecified atom stereocenters. The van der Waals surface area contributed by atoms with E-state index in [1.807, 2.05) is 26.1 Å². The summed E-state index contributed by atoms with van der Waals surface area (Å²) >= 11 is 1.47. The molecule has 1 N–H and O–H groups in total. The van der Waals surface area contributed by atoms with Gasteiger partial charge in [-0.3, -0.25) is 4.79 Å². The van der Waals surface area contributed by atoms with Crippen LogP contribution in [-0.4, -0.2) is 29.4 Å². The smallest absolute Gasteiger partial charge is 0.319 e. The van der Waals surface area contributed by atoms with Crippen LogP contribution in [0.2, 0.25) is 0 Å². The monoisotopic (exact) mass is 265 g/mol. The Morgan fingerprint density at radius 3 is 2.67 bits per heavy atom. The SMILES string of the molecule is CC(C)c1cccc2c1N(C)C(C)C(C(=O)O)S2. The number of thioether (sulfide) groups is 1. The van der Waals surface area contributed by atoms with Crippen LogP contribution in [0.15, 0.2) is 23.1 Å². The van der Waals surface area contributed by atoms with Crippen molar-refractivity contribution >= 4 is 23.4 Å². The Bertz CT molecular complexity index is 473. The van der Waals surface area contributed by atoms with E-state index in [1.54, 1.807) is 0 Å². The van der Waals surface area contributed by atoms with Gasteiger partial charge in [0.05, 0.1) is 5.69 Å². The molecule has 1 aromatic rings. The summed E-state index contributed by atoms with van der Waals surface area (Å²) in [5.41, 5.74) is 2.49. The van der Waals surface area contributed by atoms with E-state index >= 15 is 0 Å². The minimum absolute atomic E-state index is 0.0000926. The van der Waals surface area contributed by atoms with Crippen molar-refractivity contribution in [3.8, 4) is 0 Å². The number of para-hydroxylation sites is 1. The number of rotatable bonds is 2. The third kappa shape index (κ3) is 2.09. The minimum Gasteiger partial charge on any atom is -0.480 e.